The van der Waals surface area contributed by atoms with Crippen molar-refractivity contribution in [2.75, 3.05) is 0 Å². The Labute approximate surface area is 108 Å². The molecule has 0 spiro atoms. The van der Waals surface area contributed by atoms with Crippen LogP contribution in [0.3, 0.4) is 0 Å². The van der Waals surface area contributed by atoms with E-state index in [0.29, 0.717) is 12.1 Å². The van der Waals surface area contributed by atoms with Crippen LogP contribution in [0.2, 0.25) is 0 Å². The summed E-state index contributed by atoms with van der Waals surface area (Å²) in [7, 11) is 0. The van der Waals surface area contributed by atoms with Gasteiger partial charge in [0.15, 0.2) is 0 Å². The molecule has 0 bridgehead atoms. The molecule has 1 aliphatic rings. The first-order valence-electron chi connectivity index (χ1n) is 5.86. The quantitative estimate of drug-likeness (QED) is 0.533. The van der Waals surface area contributed by atoms with Gasteiger partial charge in [0, 0.05) is 24.7 Å². The molecule has 102 valence electrons. The SMILES string of the molecule is O=C1CC[C@H](C(=O)N[C@H](Cc2cnc[nH]2)C(=O)O)N1. The van der Waals surface area contributed by atoms with E-state index in [2.05, 4.69) is 20.6 Å². The van der Waals surface area contributed by atoms with E-state index in [1.807, 2.05) is 0 Å². The van der Waals surface area contributed by atoms with Gasteiger partial charge in [-0.1, -0.05) is 0 Å². The zero-order valence-electron chi connectivity index (χ0n) is 10.0. The molecule has 8 heteroatoms. The normalized spacial score (nSPS) is 19.8. The van der Waals surface area contributed by atoms with Crippen LogP contribution >= 0.6 is 0 Å². The standard InChI is InChI=1S/C11H14N4O4/c16-9-2-1-7(14-9)10(17)15-8(11(18)19)3-6-4-12-5-13-6/h4-5,7-8H,1-3H2,(H,12,13)(H,14,16)(H,15,17)(H,18,19)/t7-,8-/m1/s1. The molecule has 19 heavy (non-hydrogen) atoms. The van der Waals surface area contributed by atoms with Gasteiger partial charge in [0.2, 0.25) is 11.8 Å². The van der Waals surface area contributed by atoms with Gasteiger partial charge in [0.05, 0.1) is 6.33 Å². The number of carbonyl (C=O) groups excluding carboxylic acids is 2. The summed E-state index contributed by atoms with van der Waals surface area (Å²) in [5.41, 5.74) is 0.614. The molecular weight excluding hydrogens is 252 g/mol. The maximum atomic E-state index is 11.8. The Morgan fingerprint density at radius 2 is 2.37 bits per heavy atom. The zero-order valence-corrected chi connectivity index (χ0v) is 10.0. The molecule has 0 radical (unpaired) electrons. The van der Waals surface area contributed by atoms with Crippen molar-refractivity contribution in [3.05, 3.63) is 18.2 Å². The number of imidazole rings is 1. The predicted molar refractivity (Wildman–Crippen MR) is 63.0 cm³/mol. The van der Waals surface area contributed by atoms with Crippen molar-refractivity contribution in [1.82, 2.24) is 20.6 Å². The molecular formula is C11H14N4O4. The first kappa shape index (κ1) is 13.1. The number of carboxylic acids is 1. The van der Waals surface area contributed by atoms with Gasteiger partial charge in [-0.3, -0.25) is 9.59 Å². The highest BCUT2D eigenvalue weighted by molar-refractivity contribution is 5.92. The van der Waals surface area contributed by atoms with Gasteiger partial charge in [0.25, 0.3) is 0 Å². The largest absolute Gasteiger partial charge is 0.480 e. The number of carbonyl (C=O) groups is 3. The third-order valence-corrected chi connectivity index (χ3v) is 2.91. The average molecular weight is 266 g/mol. The van der Waals surface area contributed by atoms with Crippen molar-refractivity contribution in [2.24, 2.45) is 0 Å². The van der Waals surface area contributed by atoms with Gasteiger partial charge in [-0.25, -0.2) is 9.78 Å². The summed E-state index contributed by atoms with van der Waals surface area (Å²) in [6, 6.07) is -1.69. The lowest BCUT2D eigenvalue weighted by molar-refractivity contribution is -0.142. The summed E-state index contributed by atoms with van der Waals surface area (Å²) >= 11 is 0. The molecule has 4 N–H and O–H groups in total. The molecule has 1 saturated heterocycles. The molecule has 0 aliphatic carbocycles. The summed E-state index contributed by atoms with van der Waals surface area (Å²) in [5, 5.41) is 14.0. The van der Waals surface area contributed by atoms with E-state index in [4.69, 9.17) is 5.11 Å². The van der Waals surface area contributed by atoms with E-state index in [-0.39, 0.29) is 18.7 Å². The van der Waals surface area contributed by atoms with Crippen LogP contribution in [-0.4, -0.2) is 44.9 Å². The Balaban J connectivity index is 1.95. The van der Waals surface area contributed by atoms with Crippen LogP contribution in [-0.2, 0) is 20.8 Å². The molecule has 8 nitrogen and oxygen atoms in total. The van der Waals surface area contributed by atoms with Gasteiger partial charge >= 0.3 is 5.97 Å². The third-order valence-electron chi connectivity index (χ3n) is 2.91. The van der Waals surface area contributed by atoms with Crippen LogP contribution in [0, 0.1) is 0 Å². The molecule has 2 amide bonds. The van der Waals surface area contributed by atoms with E-state index in [1.165, 1.54) is 12.5 Å². The molecule has 2 rings (SSSR count). The van der Waals surface area contributed by atoms with Crippen molar-refractivity contribution in [3.8, 4) is 0 Å². The maximum Gasteiger partial charge on any atom is 0.326 e. The van der Waals surface area contributed by atoms with Crippen molar-refractivity contribution in [1.29, 1.82) is 0 Å². The minimum Gasteiger partial charge on any atom is -0.480 e. The number of nitrogens with one attached hydrogen (secondary N) is 3. The van der Waals surface area contributed by atoms with Crippen LogP contribution in [0.25, 0.3) is 0 Å². The van der Waals surface area contributed by atoms with Crippen LogP contribution < -0.4 is 10.6 Å². The minimum atomic E-state index is -1.13. The van der Waals surface area contributed by atoms with Crippen LogP contribution in [0.4, 0.5) is 0 Å². The minimum absolute atomic E-state index is 0.113. The highest BCUT2D eigenvalue weighted by Gasteiger charge is 2.30. The summed E-state index contributed by atoms with van der Waals surface area (Å²) < 4.78 is 0. The number of amides is 2. The Hall–Kier alpha value is -2.38. The fraction of sp³-hybridized carbons (Fsp3) is 0.455. The number of aromatic nitrogens is 2. The highest BCUT2D eigenvalue weighted by atomic mass is 16.4. The molecule has 0 saturated carbocycles. The molecule has 1 aromatic rings. The fourth-order valence-electron chi connectivity index (χ4n) is 1.90. The topological polar surface area (TPSA) is 124 Å². The lowest BCUT2D eigenvalue weighted by atomic mass is 10.1. The van der Waals surface area contributed by atoms with Crippen molar-refractivity contribution in [2.45, 2.75) is 31.3 Å². The van der Waals surface area contributed by atoms with E-state index >= 15 is 0 Å². The molecule has 2 heterocycles. The van der Waals surface area contributed by atoms with Gasteiger partial charge in [-0.05, 0) is 6.42 Å². The Morgan fingerprint density at radius 3 is 2.89 bits per heavy atom. The Morgan fingerprint density at radius 1 is 1.58 bits per heavy atom. The maximum absolute atomic E-state index is 11.8. The number of aliphatic carboxylic acids is 1. The number of aromatic amines is 1. The van der Waals surface area contributed by atoms with E-state index in [9.17, 15) is 14.4 Å². The average Bonchev–Trinajstić information content (AvgIpc) is 2.99. The smallest absolute Gasteiger partial charge is 0.326 e. The zero-order chi connectivity index (χ0) is 13.8. The second kappa shape index (κ2) is 5.51. The highest BCUT2D eigenvalue weighted by Crippen LogP contribution is 2.07. The summed E-state index contributed by atoms with van der Waals surface area (Å²) in [6.45, 7) is 0. The lowest BCUT2D eigenvalue weighted by Gasteiger charge is -2.16. The predicted octanol–water partition coefficient (Wildman–Crippen LogP) is -1.20. The molecule has 1 aliphatic heterocycles. The lowest BCUT2D eigenvalue weighted by Crippen LogP contribution is -2.49. The number of H-pyrrole nitrogens is 1. The second-order valence-corrected chi connectivity index (χ2v) is 4.34. The van der Waals surface area contributed by atoms with Gasteiger partial charge < -0.3 is 20.7 Å². The van der Waals surface area contributed by atoms with Crippen molar-refractivity contribution < 1.29 is 19.5 Å². The van der Waals surface area contributed by atoms with Crippen LogP contribution in [0.1, 0.15) is 18.5 Å². The first-order valence-corrected chi connectivity index (χ1v) is 5.86. The van der Waals surface area contributed by atoms with Crippen LogP contribution in [0.15, 0.2) is 12.5 Å². The number of rotatable bonds is 5. The monoisotopic (exact) mass is 266 g/mol. The second-order valence-electron chi connectivity index (χ2n) is 4.34. The summed E-state index contributed by atoms with van der Waals surface area (Å²) in [4.78, 5) is 40.5. The van der Waals surface area contributed by atoms with Gasteiger partial charge in [0.1, 0.15) is 12.1 Å². The Kier molecular flexibility index (Phi) is 3.79. The van der Waals surface area contributed by atoms with Crippen molar-refractivity contribution >= 4 is 17.8 Å². The van der Waals surface area contributed by atoms with Gasteiger partial charge in [-0.2, -0.15) is 0 Å². The number of nitrogens with zero attached hydrogens (tertiary/aromatic N) is 1. The number of hydrogen-bond donors (Lipinski definition) is 4. The molecule has 2 atom stereocenters. The third kappa shape index (κ3) is 3.30. The fourth-order valence-corrected chi connectivity index (χ4v) is 1.90. The Bertz CT molecular complexity index is 485. The van der Waals surface area contributed by atoms with E-state index in [0.717, 1.165) is 0 Å². The van der Waals surface area contributed by atoms with Gasteiger partial charge in [-0.15, -0.1) is 0 Å². The van der Waals surface area contributed by atoms with E-state index in [1.54, 1.807) is 0 Å². The van der Waals surface area contributed by atoms with Crippen molar-refractivity contribution in [3.63, 3.8) is 0 Å². The molecule has 0 aromatic carbocycles. The van der Waals surface area contributed by atoms with Crippen LogP contribution in [0.5, 0.6) is 0 Å². The number of hydrogen-bond acceptors (Lipinski definition) is 4. The molecule has 1 aromatic heterocycles. The number of carboxylic acid groups (broad SMARTS) is 1. The van der Waals surface area contributed by atoms with E-state index < -0.39 is 24.0 Å². The first-order chi connectivity index (χ1) is 9.06. The summed E-state index contributed by atoms with van der Waals surface area (Å²) in [6.07, 6.45) is 3.73. The summed E-state index contributed by atoms with van der Waals surface area (Å²) in [5.74, 6) is -1.80. The molecule has 1 fully saturated rings. The molecule has 0 unspecified atom stereocenters.